The van der Waals surface area contributed by atoms with E-state index in [0.29, 0.717) is 23.3 Å². The van der Waals surface area contributed by atoms with Crippen LogP contribution in [-0.4, -0.2) is 17.6 Å². The molecule has 0 unspecified atom stereocenters. The Bertz CT molecular complexity index is 530. The quantitative estimate of drug-likeness (QED) is 0.779. The standard InChI is InChI=1S/C13H15NO3/c1-2-7-14-8-11-12(13(15)16)9-5-3-4-6-10(9)17-11/h3-6,14H,2,7-8H2,1H3,(H,15,16). The van der Waals surface area contributed by atoms with Gasteiger partial charge in [-0.3, -0.25) is 0 Å². The molecule has 0 aliphatic carbocycles. The van der Waals surface area contributed by atoms with Crippen LogP contribution in [-0.2, 0) is 6.54 Å². The summed E-state index contributed by atoms with van der Waals surface area (Å²) < 4.78 is 5.56. The van der Waals surface area contributed by atoms with Gasteiger partial charge in [0, 0.05) is 5.39 Å². The zero-order valence-electron chi connectivity index (χ0n) is 9.69. The monoisotopic (exact) mass is 233 g/mol. The average Bonchev–Trinajstić information content (AvgIpc) is 2.67. The first-order chi connectivity index (χ1) is 8.24. The first-order valence-corrected chi connectivity index (χ1v) is 5.68. The molecule has 4 heteroatoms. The highest BCUT2D eigenvalue weighted by molar-refractivity contribution is 6.03. The van der Waals surface area contributed by atoms with Crippen molar-refractivity contribution in [1.29, 1.82) is 0 Å². The van der Waals surface area contributed by atoms with Crippen molar-refractivity contribution in [2.24, 2.45) is 0 Å². The number of nitrogens with one attached hydrogen (secondary N) is 1. The molecule has 0 radical (unpaired) electrons. The third kappa shape index (κ3) is 2.31. The Morgan fingerprint density at radius 3 is 2.88 bits per heavy atom. The number of para-hydroxylation sites is 1. The predicted molar refractivity (Wildman–Crippen MR) is 65.2 cm³/mol. The molecule has 0 fully saturated rings. The van der Waals surface area contributed by atoms with E-state index in [2.05, 4.69) is 12.2 Å². The van der Waals surface area contributed by atoms with Gasteiger partial charge >= 0.3 is 5.97 Å². The summed E-state index contributed by atoms with van der Waals surface area (Å²) in [5, 5.41) is 13.0. The summed E-state index contributed by atoms with van der Waals surface area (Å²) in [7, 11) is 0. The Morgan fingerprint density at radius 2 is 2.18 bits per heavy atom. The first-order valence-electron chi connectivity index (χ1n) is 5.68. The van der Waals surface area contributed by atoms with Gasteiger partial charge in [0.25, 0.3) is 0 Å². The summed E-state index contributed by atoms with van der Waals surface area (Å²) in [5.74, 6) is -0.449. The molecule has 2 aromatic rings. The highest BCUT2D eigenvalue weighted by Crippen LogP contribution is 2.25. The Hall–Kier alpha value is -1.81. The van der Waals surface area contributed by atoms with Crippen molar-refractivity contribution in [2.75, 3.05) is 6.54 Å². The van der Waals surface area contributed by atoms with Crippen molar-refractivity contribution in [1.82, 2.24) is 5.32 Å². The van der Waals surface area contributed by atoms with E-state index in [1.165, 1.54) is 0 Å². The number of aromatic carboxylic acids is 1. The summed E-state index contributed by atoms with van der Waals surface area (Å²) in [6.45, 7) is 3.35. The third-order valence-electron chi connectivity index (χ3n) is 2.59. The number of carboxylic acids is 1. The number of fused-ring (bicyclic) bond motifs is 1. The SMILES string of the molecule is CCCNCc1oc2ccccc2c1C(=O)O. The Labute approximate surface area is 99.2 Å². The molecule has 0 amide bonds. The van der Waals surface area contributed by atoms with Gasteiger partial charge in [0.15, 0.2) is 0 Å². The summed E-state index contributed by atoms with van der Waals surface area (Å²) in [4.78, 5) is 11.2. The molecule has 17 heavy (non-hydrogen) atoms. The highest BCUT2D eigenvalue weighted by atomic mass is 16.4. The van der Waals surface area contributed by atoms with Crippen LogP contribution in [0.2, 0.25) is 0 Å². The van der Waals surface area contributed by atoms with Gasteiger partial charge in [-0.25, -0.2) is 4.79 Å². The predicted octanol–water partition coefficient (Wildman–Crippen LogP) is 2.63. The van der Waals surface area contributed by atoms with Gasteiger partial charge < -0.3 is 14.8 Å². The largest absolute Gasteiger partial charge is 0.478 e. The fraction of sp³-hybridized carbons (Fsp3) is 0.308. The van der Waals surface area contributed by atoms with Crippen LogP contribution in [0, 0.1) is 0 Å². The molecular weight excluding hydrogens is 218 g/mol. The number of rotatable bonds is 5. The minimum absolute atomic E-state index is 0.268. The maximum absolute atomic E-state index is 11.2. The molecule has 0 saturated carbocycles. The number of hydrogen-bond donors (Lipinski definition) is 2. The van der Waals surface area contributed by atoms with E-state index in [1.54, 1.807) is 12.1 Å². The van der Waals surface area contributed by atoms with E-state index in [4.69, 9.17) is 4.42 Å². The van der Waals surface area contributed by atoms with Gasteiger partial charge in [0.05, 0.1) is 6.54 Å². The average molecular weight is 233 g/mol. The van der Waals surface area contributed by atoms with Crippen molar-refractivity contribution < 1.29 is 14.3 Å². The number of furan rings is 1. The van der Waals surface area contributed by atoms with Crippen LogP contribution in [0.3, 0.4) is 0 Å². The number of carbonyl (C=O) groups is 1. The third-order valence-corrected chi connectivity index (χ3v) is 2.59. The Morgan fingerprint density at radius 1 is 1.41 bits per heavy atom. The molecule has 1 aromatic carbocycles. The van der Waals surface area contributed by atoms with E-state index >= 15 is 0 Å². The fourth-order valence-corrected chi connectivity index (χ4v) is 1.83. The Kier molecular flexibility index (Phi) is 3.44. The van der Waals surface area contributed by atoms with Crippen molar-refractivity contribution in [3.05, 3.63) is 35.6 Å². The van der Waals surface area contributed by atoms with E-state index in [9.17, 15) is 9.90 Å². The first kappa shape index (κ1) is 11.7. The summed E-state index contributed by atoms with van der Waals surface area (Å²) >= 11 is 0. The molecule has 2 N–H and O–H groups in total. The zero-order valence-corrected chi connectivity index (χ0v) is 9.69. The molecule has 0 spiro atoms. The van der Waals surface area contributed by atoms with Crippen molar-refractivity contribution in [3.63, 3.8) is 0 Å². The number of benzene rings is 1. The maximum atomic E-state index is 11.2. The van der Waals surface area contributed by atoms with Crippen LogP contribution in [0.25, 0.3) is 11.0 Å². The lowest BCUT2D eigenvalue weighted by atomic mass is 10.1. The van der Waals surface area contributed by atoms with Crippen molar-refractivity contribution in [2.45, 2.75) is 19.9 Å². The molecule has 0 saturated heterocycles. The zero-order chi connectivity index (χ0) is 12.3. The van der Waals surface area contributed by atoms with Crippen molar-refractivity contribution >= 4 is 16.9 Å². The van der Waals surface area contributed by atoms with Crippen LogP contribution in [0.1, 0.15) is 29.5 Å². The molecule has 2 rings (SSSR count). The molecule has 0 aliphatic rings. The molecule has 0 bridgehead atoms. The van der Waals surface area contributed by atoms with Gasteiger partial charge in [0.2, 0.25) is 0 Å². The minimum atomic E-state index is -0.941. The smallest absolute Gasteiger partial charge is 0.339 e. The normalized spacial score (nSPS) is 10.9. The second-order valence-corrected chi connectivity index (χ2v) is 3.88. The van der Waals surface area contributed by atoms with Crippen LogP contribution >= 0.6 is 0 Å². The number of carboxylic acid groups (broad SMARTS) is 1. The van der Waals surface area contributed by atoms with Gasteiger partial charge in [-0.2, -0.15) is 0 Å². The summed E-state index contributed by atoms with van der Waals surface area (Å²) in [6.07, 6.45) is 1.00. The molecule has 1 heterocycles. The molecule has 1 aromatic heterocycles. The van der Waals surface area contributed by atoms with E-state index in [-0.39, 0.29) is 5.56 Å². The van der Waals surface area contributed by atoms with E-state index in [1.807, 2.05) is 12.1 Å². The van der Waals surface area contributed by atoms with Crippen molar-refractivity contribution in [3.8, 4) is 0 Å². The van der Waals surface area contributed by atoms with Gasteiger partial charge in [-0.1, -0.05) is 25.1 Å². The van der Waals surface area contributed by atoms with Crippen LogP contribution in [0.15, 0.2) is 28.7 Å². The second-order valence-electron chi connectivity index (χ2n) is 3.88. The Balaban J connectivity index is 2.39. The van der Waals surface area contributed by atoms with Crippen LogP contribution in [0.4, 0.5) is 0 Å². The minimum Gasteiger partial charge on any atom is -0.478 e. The van der Waals surface area contributed by atoms with E-state index in [0.717, 1.165) is 13.0 Å². The molecule has 4 nitrogen and oxygen atoms in total. The van der Waals surface area contributed by atoms with Gasteiger partial charge in [-0.15, -0.1) is 0 Å². The molecule has 90 valence electrons. The van der Waals surface area contributed by atoms with Gasteiger partial charge in [-0.05, 0) is 19.0 Å². The van der Waals surface area contributed by atoms with Crippen LogP contribution < -0.4 is 5.32 Å². The lowest BCUT2D eigenvalue weighted by Gasteiger charge is -2.00. The highest BCUT2D eigenvalue weighted by Gasteiger charge is 2.19. The second kappa shape index (κ2) is 5.01. The lowest BCUT2D eigenvalue weighted by molar-refractivity contribution is 0.0696. The molecule has 0 atom stereocenters. The van der Waals surface area contributed by atoms with Gasteiger partial charge in [0.1, 0.15) is 16.9 Å². The number of hydrogen-bond acceptors (Lipinski definition) is 3. The lowest BCUT2D eigenvalue weighted by Crippen LogP contribution is -2.15. The fourth-order valence-electron chi connectivity index (χ4n) is 1.83. The summed E-state index contributed by atoms with van der Waals surface area (Å²) in [6, 6.07) is 7.20. The topological polar surface area (TPSA) is 62.5 Å². The maximum Gasteiger partial charge on any atom is 0.339 e. The van der Waals surface area contributed by atoms with Crippen LogP contribution in [0.5, 0.6) is 0 Å². The molecular formula is C13H15NO3. The summed E-state index contributed by atoms with van der Waals surface area (Å²) in [5.41, 5.74) is 0.891. The van der Waals surface area contributed by atoms with E-state index < -0.39 is 5.97 Å². The molecule has 0 aliphatic heterocycles.